The van der Waals surface area contributed by atoms with Crippen molar-refractivity contribution in [2.24, 2.45) is 0 Å². The van der Waals surface area contributed by atoms with Crippen molar-refractivity contribution >= 4 is 17.9 Å². The summed E-state index contributed by atoms with van der Waals surface area (Å²) in [5.41, 5.74) is 0. The van der Waals surface area contributed by atoms with Crippen molar-refractivity contribution in [1.82, 2.24) is 0 Å². The first-order chi connectivity index (χ1) is 40.5. The highest BCUT2D eigenvalue weighted by molar-refractivity contribution is 5.71. The Morgan fingerprint density at radius 1 is 0.256 bits per heavy atom. The Morgan fingerprint density at radius 3 is 0.805 bits per heavy atom. The van der Waals surface area contributed by atoms with E-state index in [-0.39, 0.29) is 31.1 Å². The molecule has 0 spiro atoms. The molecule has 0 aliphatic carbocycles. The first-order valence-electron chi connectivity index (χ1n) is 35.9. The number of carbonyl (C=O) groups is 3. The Labute approximate surface area is 510 Å². The zero-order chi connectivity index (χ0) is 59.2. The Morgan fingerprint density at radius 2 is 0.500 bits per heavy atom. The highest BCUT2D eigenvalue weighted by Gasteiger charge is 2.19. The molecule has 82 heavy (non-hydrogen) atoms. The molecule has 1 unspecified atom stereocenters. The van der Waals surface area contributed by atoms with Crippen LogP contribution < -0.4 is 0 Å². The Hall–Kier alpha value is -3.15. The number of rotatable bonds is 66. The maximum atomic E-state index is 12.9. The van der Waals surface area contributed by atoms with Gasteiger partial charge >= 0.3 is 17.9 Å². The second kappa shape index (κ2) is 70.3. The molecule has 0 bridgehead atoms. The summed E-state index contributed by atoms with van der Waals surface area (Å²) in [5.74, 6) is -0.869. The molecular weight excluding hydrogens is 1010 g/mol. The molecule has 0 radical (unpaired) electrons. The number of ether oxygens (including phenoxy) is 3. The topological polar surface area (TPSA) is 78.9 Å². The number of unbranched alkanes of at least 4 members (excludes halogenated alkanes) is 43. The van der Waals surface area contributed by atoms with E-state index in [0.717, 1.165) is 96.3 Å². The van der Waals surface area contributed by atoms with Gasteiger partial charge in [0.15, 0.2) is 6.10 Å². The zero-order valence-corrected chi connectivity index (χ0v) is 54.8. The minimum Gasteiger partial charge on any atom is -0.462 e. The van der Waals surface area contributed by atoms with Gasteiger partial charge in [-0.2, -0.15) is 0 Å². The van der Waals surface area contributed by atoms with E-state index >= 15 is 0 Å². The molecular formula is C76H136O6. The fourth-order valence-corrected chi connectivity index (χ4v) is 10.6. The summed E-state index contributed by atoms with van der Waals surface area (Å²) in [6.45, 7) is 6.51. The molecule has 0 saturated carbocycles. The first-order valence-corrected chi connectivity index (χ1v) is 35.9. The van der Waals surface area contributed by atoms with Crippen LogP contribution >= 0.6 is 0 Å². The van der Waals surface area contributed by atoms with Crippen molar-refractivity contribution in [3.05, 3.63) is 72.9 Å². The summed E-state index contributed by atoms with van der Waals surface area (Å²) in [4.78, 5) is 38.3. The number of allylic oxidation sites excluding steroid dienone is 12. The predicted molar refractivity (Wildman–Crippen MR) is 358 cm³/mol. The van der Waals surface area contributed by atoms with Gasteiger partial charge in [0, 0.05) is 19.3 Å². The van der Waals surface area contributed by atoms with Crippen LogP contribution in [0.3, 0.4) is 0 Å². The van der Waals surface area contributed by atoms with Crippen molar-refractivity contribution in [2.75, 3.05) is 13.2 Å². The van der Waals surface area contributed by atoms with Crippen LogP contribution in [-0.2, 0) is 28.6 Å². The molecule has 0 aromatic heterocycles. The van der Waals surface area contributed by atoms with Gasteiger partial charge < -0.3 is 14.2 Å². The van der Waals surface area contributed by atoms with Crippen LogP contribution in [0, 0.1) is 0 Å². The van der Waals surface area contributed by atoms with Gasteiger partial charge in [-0.25, -0.2) is 0 Å². The molecule has 0 N–H and O–H groups in total. The van der Waals surface area contributed by atoms with Gasteiger partial charge in [-0.3, -0.25) is 14.4 Å². The average Bonchev–Trinajstić information content (AvgIpc) is 3.47. The monoisotopic (exact) mass is 1150 g/mol. The second-order valence-corrected chi connectivity index (χ2v) is 24.1. The lowest BCUT2D eigenvalue weighted by molar-refractivity contribution is -0.167. The summed E-state index contributed by atoms with van der Waals surface area (Å²) in [6, 6.07) is 0. The van der Waals surface area contributed by atoms with Crippen LogP contribution in [0.4, 0.5) is 0 Å². The standard InChI is InChI=1S/C76H136O6/c1-4-7-10-13-16-19-22-24-26-28-30-32-34-36-37-38-39-41-42-44-46-48-50-52-54-57-60-63-66-69-75(78)81-72-73(71-80-74(77)68-65-62-59-56-21-18-15-12-9-6-3)82-76(79)70-67-64-61-58-55-53-51-49-47-45-43-40-35-33-31-29-27-25-23-20-17-14-11-8-5-2/h8,11-12,15,17,20,25,27-28,30-31,33,73H,4-7,9-10,13-14,16,18-19,21-24,26,29,32,34-72H2,1-3H3/b11-8-,15-12-,20-17-,27-25-,30-28-,33-31-. The van der Waals surface area contributed by atoms with E-state index < -0.39 is 6.10 Å². The Balaban J connectivity index is 4.14. The van der Waals surface area contributed by atoms with Crippen molar-refractivity contribution < 1.29 is 28.6 Å². The van der Waals surface area contributed by atoms with Gasteiger partial charge in [0.1, 0.15) is 13.2 Å². The highest BCUT2D eigenvalue weighted by atomic mass is 16.6. The minimum absolute atomic E-state index is 0.0751. The summed E-state index contributed by atoms with van der Waals surface area (Å²) in [7, 11) is 0. The molecule has 0 fully saturated rings. The third-order valence-corrected chi connectivity index (χ3v) is 15.9. The van der Waals surface area contributed by atoms with Crippen LogP contribution in [0.1, 0.15) is 374 Å². The van der Waals surface area contributed by atoms with Crippen molar-refractivity contribution in [1.29, 1.82) is 0 Å². The second-order valence-electron chi connectivity index (χ2n) is 24.1. The smallest absolute Gasteiger partial charge is 0.306 e. The summed E-state index contributed by atoms with van der Waals surface area (Å²) in [5, 5.41) is 0. The van der Waals surface area contributed by atoms with E-state index in [1.165, 1.54) is 238 Å². The van der Waals surface area contributed by atoms with E-state index in [2.05, 4.69) is 93.7 Å². The molecule has 0 heterocycles. The van der Waals surface area contributed by atoms with Crippen molar-refractivity contribution in [3.63, 3.8) is 0 Å². The number of hydrogen-bond donors (Lipinski definition) is 0. The molecule has 0 aliphatic heterocycles. The largest absolute Gasteiger partial charge is 0.462 e. The van der Waals surface area contributed by atoms with Gasteiger partial charge in [-0.1, -0.05) is 325 Å². The minimum atomic E-state index is -0.779. The van der Waals surface area contributed by atoms with Crippen LogP contribution in [0.5, 0.6) is 0 Å². The van der Waals surface area contributed by atoms with E-state index in [9.17, 15) is 14.4 Å². The van der Waals surface area contributed by atoms with Crippen LogP contribution in [0.15, 0.2) is 72.9 Å². The predicted octanol–water partition coefficient (Wildman–Crippen LogP) is 24.8. The van der Waals surface area contributed by atoms with E-state index in [1.807, 2.05) is 0 Å². The van der Waals surface area contributed by atoms with Crippen LogP contribution in [0.25, 0.3) is 0 Å². The number of esters is 3. The molecule has 0 rings (SSSR count). The lowest BCUT2D eigenvalue weighted by Crippen LogP contribution is -2.30. The van der Waals surface area contributed by atoms with Crippen molar-refractivity contribution in [2.45, 2.75) is 380 Å². The third kappa shape index (κ3) is 67.6. The SMILES string of the molecule is CC/C=C\C/C=C\C/C=C\C/C=C\CCCCCCCCCCCCCCC(=O)OC(COC(=O)CCCCCCC/C=C\CCC)COC(=O)CCCCCCCCCCCCCCCCCCC/C=C\CCCCCCCCCC. The Kier molecular flexibility index (Phi) is 67.6. The maximum absolute atomic E-state index is 12.9. The van der Waals surface area contributed by atoms with Crippen molar-refractivity contribution in [3.8, 4) is 0 Å². The number of hydrogen-bond acceptors (Lipinski definition) is 6. The molecule has 0 aliphatic rings. The van der Waals surface area contributed by atoms with Gasteiger partial charge in [-0.15, -0.1) is 0 Å². The summed E-state index contributed by atoms with van der Waals surface area (Å²) in [6.07, 6.45) is 92.4. The third-order valence-electron chi connectivity index (χ3n) is 15.9. The normalized spacial score (nSPS) is 12.5. The molecule has 6 heteroatoms. The average molecular weight is 1150 g/mol. The lowest BCUT2D eigenvalue weighted by Gasteiger charge is -2.18. The van der Waals surface area contributed by atoms with Gasteiger partial charge in [0.25, 0.3) is 0 Å². The molecule has 0 aromatic rings. The van der Waals surface area contributed by atoms with E-state index in [4.69, 9.17) is 14.2 Å². The molecule has 6 nitrogen and oxygen atoms in total. The molecule has 0 aromatic carbocycles. The van der Waals surface area contributed by atoms with Gasteiger partial charge in [-0.05, 0) is 103 Å². The summed E-state index contributed by atoms with van der Waals surface area (Å²) >= 11 is 0. The lowest BCUT2D eigenvalue weighted by atomic mass is 10.0. The van der Waals surface area contributed by atoms with Gasteiger partial charge in [0.2, 0.25) is 0 Å². The molecule has 0 amide bonds. The highest BCUT2D eigenvalue weighted by Crippen LogP contribution is 2.18. The first kappa shape index (κ1) is 78.8. The fraction of sp³-hybridized carbons (Fsp3) is 0.803. The zero-order valence-electron chi connectivity index (χ0n) is 54.8. The maximum Gasteiger partial charge on any atom is 0.306 e. The quantitative estimate of drug-likeness (QED) is 0.0261. The number of carbonyl (C=O) groups excluding carboxylic acids is 3. The van der Waals surface area contributed by atoms with Gasteiger partial charge in [0.05, 0.1) is 0 Å². The van der Waals surface area contributed by atoms with E-state index in [1.54, 1.807) is 0 Å². The van der Waals surface area contributed by atoms with Crippen LogP contribution in [0.2, 0.25) is 0 Å². The molecule has 0 saturated heterocycles. The Bertz CT molecular complexity index is 1500. The van der Waals surface area contributed by atoms with Crippen LogP contribution in [-0.4, -0.2) is 37.2 Å². The molecule has 476 valence electrons. The van der Waals surface area contributed by atoms with E-state index in [0.29, 0.717) is 19.3 Å². The fourth-order valence-electron chi connectivity index (χ4n) is 10.6. The summed E-state index contributed by atoms with van der Waals surface area (Å²) < 4.78 is 16.9. The molecule has 1 atom stereocenters.